The fourth-order valence-corrected chi connectivity index (χ4v) is 7.40. The average Bonchev–Trinajstić information content (AvgIpc) is 3.49. The van der Waals surface area contributed by atoms with Crippen LogP contribution < -0.4 is 0 Å². The smallest absolute Gasteiger partial charge is 0.267 e. The topological polar surface area (TPSA) is 147 Å². The summed E-state index contributed by atoms with van der Waals surface area (Å²) >= 11 is 0. The van der Waals surface area contributed by atoms with Crippen LogP contribution in [0.5, 0.6) is 0 Å². The molecule has 174 valence electrons. The Morgan fingerprint density at radius 1 is 1.12 bits per heavy atom. The molecule has 3 atom stereocenters. The molecule has 3 heterocycles. The number of nitrogens with zero attached hydrogens (tertiary/aromatic N) is 4. The van der Waals surface area contributed by atoms with E-state index in [1.54, 1.807) is 41.8 Å². The Labute approximate surface area is 190 Å². The lowest BCUT2D eigenvalue weighted by Gasteiger charge is -2.16. The normalized spacial score (nSPS) is 21.8. The van der Waals surface area contributed by atoms with Gasteiger partial charge in [0.15, 0.2) is 11.3 Å². The first-order valence-corrected chi connectivity index (χ1v) is 13.6. The summed E-state index contributed by atoms with van der Waals surface area (Å²) in [6, 6.07) is 8.41. The van der Waals surface area contributed by atoms with Gasteiger partial charge in [0.1, 0.15) is 5.82 Å². The van der Waals surface area contributed by atoms with Crippen LogP contribution in [-0.2, 0) is 20.0 Å². The minimum Gasteiger partial charge on any atom is -0.345 e. The Morgan fingerprint density at radius 3 is 2.58 bits per heavy atom. The van der Waals surface area contributed by atoms with E-state index >= 15 is 0 Å². The molecule has 2 N–H and O–H groups in total. The van der Waals surface area contributed by atoms with E-state index in [4.69, 9.17) is 0 Å². The molecule has 3 aromatic heterocycles. The van der Waals surface area contributed by atoms with E-state index in [0.29, 0.717) is 35.4 Å². The molecular weight excluding hydrogens is 466 g/mol. The highest BCUT2D eigenvalue weighted by Gasteiger charge is 2.43. The van der Waals surface area contributed by atoms with Crippen LogP contribution in [0.25, 0.3) is 16.8 Å². The van der Waals surface area contributed by atoms with Crippen molar-refractivity contribution in [2.45, 2.75) is 54.2 Å². The zero-order chi connectivity index (χ0) is 23.5. The van der Waals surface area contributed by atoms with Crippen molar-refractivity contribution < 1.29 is 21.4 Å². The predicted molar refractivity (Wildman–Crippen MR) is 120 cm³/mol. The van der Waals surface area contributed by atoms with Crippen molar-refractivity contribution in [1.82, 2.24) is 24.6 Å². The monoisotopic (exact) mass is 489 g/mol. The molecule has 33 heavy (non-hydrogen) atoms. The maximum absolute atomic E-state index is 13.6. The van der Waals surface area contributed by atoms with E-state index in [1.165, 1.54) is 6.07 Å². The third-order valence-corrected chi connectivity index (χ3v) is 9.65. The molecule has 0 spiro atoms. The lowest BCUT2D eigenvalue weighted by atomic mass is 9.93. The van der Waals surface area contributed by atoms with Crippen LogP contribution >= 0.6 is 0 Å². The first-order valence-electron chi connectivity index (χ1n) is 10.6. The van der Waals surface area contributed by atoms with Crippen LogP contribution in [0.15, 0.2) is 46.5 Å². The Bertz CT molecular complexity index is 1590. The Balaban J connectivity index is 1.75. The van der Waals surface area contributed by atoms with Gasteiger partial charge in [-0.3, -0.25) is 8.95 Å². The summed E-state index contributed by atoms with van der Waals surface area (Å²) in [5.74, 6) is 0.102. The third-order valence-electron chi connectivity index (χ3n) is 6.60. The maximum atomic E-state index is 13.6. The number of aromatic amines is 1. The zero-order valence-corrected chi connectivity index (χ0v) is 19.6. The standard InChI is InChI=1S/C21H23N5O5S2/c1-3-13-10-14(33(29,30)31)11-15(13)19-24-25-20-21(23-18-16(26(19)20)8-9-22-18)32(27,28)17-7-5-4-6-12(17)2/h4-9,13-15,22H,3,10-11H2,1-2H3,(H,29,30,31)/t13-,14+,15+/m1/s1. The number of benzene rings is 1. The highest BCUT2D eigenvalue weighted by Crippen LogP contribution is 2.44. The first-order chi connectivity index (χ1) is 15.6. The van der Waals surface area contributed by atoms with Crippen LogP contribution in [-0.4, -0.2) is 51.2 Å². The van der Waals surface area contributed by atoms with E-state index in [-0.39, 0.29) is 33.8 Å². The second-order valence-electron chi connectivity index (χ2n) is 8.50. The van der Waals surface area contributed by atoms with E-state index in [2.05, 4.69) is 20.2 Å². The van der Waals surface area contributed by atoms with Gasteiger partial charge in [-0.05, 0) is 43.4 Å². The fourth-order valence-electron chi connectivity index (χ4n) is 4.91. The quantitative estimate of drug-likeness (QED) is 0.407. The number of hydrogen-bond donors (Lipinski definition) is 2. The molecule has 0 radical (unpaired) electrons. The molecule has 0 bridgehead atoms. The summed E-state index contributed by atoms with van der Waals surface area (Å²) in [5.41, 5.74) is 1.62. The highest BCUT2D eigenvalue weighted by atomic mass is 32.2. The summed E-state index contributed by atoms with van der Waals surface area (Å²) in [4.78, 5) is 7.48. The van der Waals surface area contributed by atoms with Gasteiger partial charge in [0.2, 0.25) is 14.9 Å². The van der Waals surface area contributed by atoms with E-state index < -0.39 is 25.2 Å². The van der Waals surface area contributed by atoms with Gasteiger partial charge in [0.05, 0.1) is 15.7 Å². The molecule has 1 aliphatic carbocycles. The molecular formula is C21H23N5O5S2. The van der Waals surface area contributed by atoms with Crippen LogP contribution in [0.4, 0.5) is 0 Å². The van der Waals surface area contributed by atoms with Gasteiger partial charge in [-0.1, -0.05) is 31.5 Å². The molecule has 1 saturated carbocycles. The summed E-state index contributed by atoms with van der Waals surface area (Å²) < 4.78 is 62.2. The van der Waals surface area contributed by atoms with Crippen LogP contribution in [0, 0.1) is 12.8 Å². The summed E-state index contributed by atoms with van der Waals surface area (Å²) in [7, 11) is -8.22. The molecule has 12 heteroatoms. The zero-order valence-electron chi connectivity index (χ0n) is 18.0. The van der Waals surface area contributed by atoms with Crippen molar-refractivity contribution in [3.05, 3.63) is 47.9 Å². The summed E-state index contributed by atoms with van der Waals surface area (Å²) in [5, 5.41) is 7.44. The van der Waals surface area contributed by atoms with Gasteiger partial charge in [0.25, 0.3) is 10.1 Å². The van der Waals surface area contributed by atoms with Crippen LogP contribution in [0.1, 0.15) is 43.5 Å². The average molecular weight is 490 g/mol. The van der Waals surface area contributed by atoms with Crippen molar-refractivity contribution >= 4 is 36.8 Å². The van der Waals surface area contributed by atoms with E-state index in [1.807, 2.05) is 6.92 Å². The lowest BCUT2D eigenvalue weighted by molar-refractivity contribution is 0.447. The number of fused-ring (bicyclic) bond motifs is 3. The molecule has 1 fully saturated rings. The van der Waals surface area contributed by atoms with Crippen LogP contribution in [0.2, 0.25) is 0 Å². The van der Waals surface area contributed by atoms with Gasteiger partial charge in [0, 0.05) is 12.1 Å². The highest BCUT2D eigenvalue weighted by molar-refractivity contribution is 7.91. The Kier molecular flexibility index (Phi) is 5.07. The molecule has 0 unspecified atom stereocenters. The van der Waals surface area contributed by atoms with Gasteiger partial charge in [-0.25, -0.2) is 13.4 Å². The van der Waals surface area contributed by atoms with Crippen LogP contribution in [0.3, 0.4) is 0 Å². The predicted octanol–water partition coefficient (Wildman–Crippen LogP) is 2.91. The van der Waals surface area contributed by atoms with Gasteiger partial charge >= 0.3 is 0 Å². The Morgan fingerprint density at radius 2 is 1.88 bits per heavy atom. The molecule has 5 rings (SSSR count). The minimum atomic E-state index is -4.20. The number of aryl methyl sites for hydroxylation is 1. The molecule has 1 aromatic carbocycles. The fraction of sp³-hybridized carbons (Fsp3) is 0.381. The molecule has 4 aromatic rings. The van der Waals surface area contributed by atoms with E-state index in [0.717, 1.165) is 0 Å². The summed E-state index contributed by atoms with van der Waals surface area (Å²) in [6.07, 6.45) is 2.83. The number of nitrogens with one attached hydrogen (secondary N) is 1. The maximum Gasteiger partial charge on any atom is 0.267 e. The molecule has 0 saturated heterocycles. The number of rotatable bonds is 5. The van der Waals surface area contributed by atoms with Gasteiger partial charge in [-0.2, -0.15) is 8.42 Å². The second kappa shape index (κ2) is 7.61. The number of aromatic nitrogens is 5. The molecule has 10 nitrogen and oxygen atoms in total. The summed E-state index contributed by atoms with van der Waals surface area (Å²) in [6.45, 7) is 3.67. The molecule has 0 aliphatic heterocycles. The van der Waals surface area contributed by atoms with Crippen molar-refractivity contribution in [3.8, 4) is 0 Å². The van der Waals surface area contributed by atoms with Crippen molar-refractivity contribution in [2.75, 3.05) is 0 Å². The van der Waals surface area contributed by atoms with Crippen molar-refractivity contribution in [1.29, 1.82) is 0 Å². The second-order valence-corrected chi connectivity index (χ2v) is 12.0. The third kappa shape index (κ3) is 3.44. The first kappa shape index (κ1) is 22.0. The number of H-pyrrole nitrogens is 1. The lowest BCUT2D eigenvalue weighted by Crippen LogP contribution is -2.17. The van der Waals surface area contributed by atoms with Gasteiger partial charge < -0.3 is 4.98 Å². The Hall–Kier alpha value is -2.83. The van der Waals surface area contributed by atoms with E-state index in [9.17, 15) is 21.4 Å². The SMILES string of the molecule is CC[C@@H]1C[C@H](S(=O)(=O)O)C[C@@H]1c1nnc2c(S(=O)(=O)c3ccccc3C)nc3[nH]ccc3n12. The number of hydrogen-bond acceptors (Lipinski definition) is 7. The molecule has 1 aliphatic rings. The molecule has 0 amide bonds. The van der Waals surface area contributed by atoms with Crippen molar-refractivity contribution in [2.24, 2.45) is 5.92 Å². The largest absolute Gasteiger partial charge is 0.345 e. The van der Waals surface area contributed by atoms with Crippen molar-refractivity contribution in [3.63, 3.8) is 0 Å². The van der Waals surface area contributed by atoms with Gasteiger partial charge in [-0.15, -0.1) is 10.2 Å². The number of sulfone groups is 1. The minimum absolute atomic E-state index is 0.0529.